The number of ether oxygens (including phenoxy) is 1. The number of H-pyrrole nitrogens is 1. The Morgan fingerprint density at radius 1 is 1.31 bits per heavy atom. The molecule has 5 heteroatoms. The van der Waals surface area contributed by atoms with Crippen LogP contribution in [-0.2, 0) is 0 Å². The molecule has 0 aliphatic rings. The van der Waals surface area contributed by atoms with E-state index in [-0.39, 0.29) is 5.69 Å². The van der Waals surface area contributed by atoms with Crippen LogP contribution < -0.4 is 10.4 Å². The molecule has 0 saturated heterocycles. The molecule has 0 saturated carbocycles. The first-order chi connectivity index (χ1) is 7.66. The molecule has 82 valence electrons. The molecule has 0 bridgehead atoms. The zero-order valence-corrected chi connectivity index (χ0v) is 10.1. The molecule has 0 spiro atoms. The lowest BCUT2D eigenvalue weighted by Gasteiger charge is -2.08. The van der Waals surface area contributed by atoms with Crippen molar-refractivity contribution < 1.29 is 4.74 Å². The van der Waals surface area contributed by atoms with Gasteiger partial charge in [-0.05, 0) is 35.0 Å². The zero-order chi connectivity index (χ0) is 11.5. The molecule has 4 nitrogen and oxygen atoms in total. The summed E-state index contributed by atoms with van der Waals surface area (Å²) in [5.41, 5.74) is 0.271. The van der Waals surface area contributed by atoms with Gasteiger partial charge in [0.25, 0.3) is 0 Å². The molecule has 0 amide bonds. The largest absolute Gasteiger partial charge is 0.453 e. The Kier molecular flexibility index (Phi) is 3.05. The first kappa shape index (κ1) is 10.9. The Balaban J connectivity index is 2.34. The second-order valence-corrected chi connectivity index (χ2v) is 4.06. The highest BCUT2D eigenvalue weighted by Crippen LogP contribution is 2.29. The van der Waals surface area contributed by atoms with Crippen molar-refractivity contribution in [3.05, 3.63) is 51.1 Å². The van der Waals surface area contributed by atoms with Gasteiger partial charge in [-0.25, -0.2) is 4.79 Å². The molecule has 0 atom stereocenters. The third-order valence-electron chi connectivity index (χ3n) is 2.02. The molecule has 0 radical (unpaired) electrons. The Bertz CT molecular complexity index is 566. The molecule has 1 aromatic carbocycles. The number of aryl methyl sites for hydroxylation is 1. The summed E-state index contributed by atoms with van der Waals surface area (Å²) >= 11 is 3.38. The van der Waals surface area contributed by atoms with Crippen LogP contribution in [0.1, 0.15) is 5.69 Å². The highest BCUT2D eigenvalue weighted by molar-refractivity contribution is 9.10. The van der Waals surface area contributed by atoms with Crippen molar-refractivity contribution in [1.82, 2.24) is 9.97 Å². The minimum absolute atomic E-state index is 0.378. The third kappa shape index (κ3) is 2.30. The molecular formula is C11H9BrN2O2. The highest BCUT2D eigenvalue weighted by atomic mass is 79.9. The van der Waals surface area contributed by atoms with E-state index in [1.54, 1.807) is 6.92 Å². The van der Waals surface area contributed by atoms with Crippen LogP contribution in [0.4, 0.5) is 0 Å². The minimum Gasteiger partial charge on any atom is -0.453 e. The topological polar surface area (TPSA) is 55.0 Å². The molecule has 16 heavy (non-hydrogen) atoms. The number of aromatic nitrogens is 2. The van der Waals surface area contributed by atoms with Crippen molar-refractivity contribution in [3.8, 4) is 11.5 Å². The van der Waals surface area contributed by atoms with Gasteiger partial charge in [0.1, 0.15) is 5.75 Å². The number of para-hydroxylation sites is 1. The quantitative estimate of drug-likeness (QED) is 0.920. The molecule has 2 aromatic rings. The Hall–Kier alpha value is -1.62. The van der Waals surface area contributed by atoms with Gasteiger partial charge in [0, 0.05) is 0 Å². The van der Waals surface area contributed by atoms with Crippen molar-refractivity contribution in [2.45, 2.75) is 6.92 Å². The number of benzene rings is 1. The number of rotatable bonds is 2. The van der Waals surface area contributed by atoms with Gasteiger partial charge in [-0.2, -0.15) is 4.98 Å². The second kappa shape index (κ2) is 4.49. The van der Waals surface area contributed by atoms with Crippen molar-refractivity contribution in [2.24, 2.45) is 0 Å². The van der Waals surface area contributed by atoms with Crippen molar-refractivity contribution in [1.29, 1.82) is 0 Å². The smallest absolute Gasteiger partial charge is 0.345 e. The number of hydrogen-bond donors (Lipinski definition) is 1. The Morgan fingerprint density at radius 2 is 2.06 bits per heavy atom. The van der Waals surface area contributed by atoms with Crippen molar-refractivity contribution in [2.75, 3.05) is 0 Å². The molecule has 1 heterocycles. The lowest BCUT2D eigenvalue weighted by molar-refractivity contribution is 0.469. The number of hydrogen-bond acceptors (Lipinski definition) is 3. The average Bonchev–Trinajstić information content (AvgIpc) is 2.25. The van der Waals surface area contributed by atoms with Gasteiger partial charge in [0.05, 0.1) is 16.4 Å². The van der Waals surface area contributed by atoms with Gasteiger partial charge in [-0.15, -0.1) is 0 Å². The summed E-state index contributed by atoms with van der Waals surface area (Å²) in [4.78, 5) is 17.1. The maximum absolute atomic E-state index is 10.9. The van der Waals surface area contributed by atoms with E-state index in [1.165, 1.54) is 6.20 Å². The van der Waals surface area contributed by atoms with Crippen LogP contribution in [-0.4, -0.2) is 9.97 Å². The molecule has 0 fully saturated rings. The van der Waals surface area contributed by atoms with E-state index >= 15 is 0 Å². The minimum atomic E-state index is -0.378. The average molecular weight is 281 g/mol. The van der Waals surface area contributed by atoms with E-state index in [1.807, 2.05) is 24.3 Å². The number of aromatic amines is 1. The van der Waals surface area contributed by atoms with E-state index in [9.17, 15) is 4.79 Å². The number of nitrogens with one attached hydrogen (secondary N) is 1. The van der Waals surface area contributed by atoms with Crippen LogP contribution in [0.2, 0.25) is 0 Å². The fourth-order valence-corrected chi connectivity index (χ4v) is 1.58. The van der Waals surface area contributed by atoms with Crippen LogP contribution >= 0.6 is 15.9 Å². The van der Waals surface area contributed by atoms with E-state index < -0.39 is 0 Å². The van der Waals surface area contributed by atoms with Gasteiger partial charge in [0.15, 0.2) is 5.75 Å². The van der Waals surface area contributed by atoms with E-state index in [0.717, 1.165) is 4.47 Å². The zero-order valence-electron chi connectivity index (χ0n) is 8.53. The second-order valence-electron chi connectivity index (χ2n) is 3.21. The van der Waals surface area contributed by atoms with Gasteiger partial charge in [-0.1, -0.05) is 12.1 Å². The first-order valence-electron chi connectivity index (χ1n) is 4.65. The maximum atomic E-state index is 10.9. The molecule has 0 unspecified atom stereocenters. The molecule has 2 rings (SSSR count). The fourth-order valence-electron chi connectivity index (χ4n) is 1.22. The van der Waals surface area contributed by atoms with Crippen LogP contribution in [0, 0.1) is 6.92 Å². The SMILES string of the molecule is Cc1[nH]c(=O)ncc1Oc1ccccc1Br. The molecule has 0 aliphatic heterocycles. The molecular weight excluding hydrogens is 272 g/mol. The summed E-state index contributed by atoms with van der Waals surface area (Å²) in [5, 5.41) is 0. The van der Waals surface area contributed by atoms with E-state index in [0.29, 0.717) is 17.2 Å². The Morgan fingerprint density at radius 3 is 2.75 bits per heavy atom. The highest BCUT2D eigenvalue weighted by Gasteiger charge is 2.05. The predicted octanol–water partition coefficient (Wildman–Crippen LogP) is 2.63. The summed E-state index contributed by atoms with van der Waals surface area (Å²) in [5.74, 6) is 1.21. The normalized spacial score (nSPS) is 10.1. The van der Waals surface area contributed by atoms with E-state index in [4.69, 9.17) is 4.74 Å². The van der Waals surface area contributed by atoms with Gasteiger partial charge < -0.3 is 9.72 Å². The van der Waals surface area contributed by atoms with Gasteiger partial charge >= 0.3 is 5.69 Å². The Labute approximate surface area is 100 Å². The van der Waals surface area contributed by atoms with Crippen LogP contribution in [0.5, 0.6) is 11.5 Å². The predicted molar refractivity (Wildman–Crippen MR) is 63.8 cm³/mol. The number of nitrogens with zero attached hydrogens (tertiary/aromatic N) is 1. The van der Waals surface area contributed by atoms with Crippen molar-refractivity contribution in [3.63, 3.8) is 0 Å². The van der Waals surface area contributed by atoms with Crippen LogP contribution in [0.15, 0.2) is 39.7 Å². The number of halogens is 1. The third-order valence-corrected chi connectivity index (χ3v) is 2.67. The summed E-state index contributed by atoms with van der Waals surface area (Å²) in [6.45, 7) is 1.76. The molecule has 0 aliphatic carbocycles. The van der Waals surface area contributed by atoms with Crippen molar-refractivity contribution >= 4 is 15.9 Å². The molecule has 1 N–H and O–H groups in total. The fraction of sp³-hybridized carbons (Fsp3) is 0.0909. The van der Waals surface area contributed by atoms with E-state index in [2.05, 4.69) is 25.9 Å². The summed E-state index contributed by atoms with van der Waals surface area (Å²) in [6, 6.07) is 7.47. The maximum Gasteiger partial charge on any atom is 0.345 e. The lowest BCUT2D eigenvalue weighted by Crippen LogP contribution is -2.11. The van der Waals surface area contributed by atoms with Crippen LogP contribution in [0.3, 0.4) is 0 Å². The van der Waals surface area contributed by atoms with Crippen LogP contribution in [0.25, 0.3) is 0 Å². The monoisotopic (exact) mass is 280 g/mol. The first-order valence-corrected chi connectivity index (χ1v) is 5.44. The summed E-state index contributed by atoms with van der Waals surface area (Å²) in [6.07, 6.45) is 1.41. The standard InChI is InChI=1S/C11H9BrN2O2/c1-7-10(6-13-11(15)14-7)16-9-5-3-2-4-8(9)12/h2-6H,1H3,(H,13,14,15). The lowest BCUT2D eigenvalue weighted by atomic mass is 10.3. The molecule has 1 aromatic heterocycles. The summed E-state index contributed by atoms with van der Waals surface area (Å²) in [7, 11) is 0. The van der Waals surface area contributed by atoms with Gasteiger partial charge in [-0.3, -0.25) is 0 Å². The van der Waals surface area contributed by atoms with Gasteiger partial charge in [0.2, 0.25) is 0 Å². The summed E-state index contributed by atoms with van der Waals surface area (Å²) < 4.78 is 6.46.